The van der Waals surface area contributed by atoms with Crippen molar-refractivity contribution in [2.24, 2.45) is 0 Å². The van der Waals surface area contributed by atoms with Gasteiger partial charge in [0.15, 0.2) is 0 Å². The molecule has 0 aliphatic rings. The minimum atomic E-state index is -0.913. The summed E-state index contributed by atoms with van der Waals surface area (Å²) in [6.07, 6.45) is 4.71. The molecule has 0 amide bonds. The summed E-state index contributed by atoms with van der Waals surface area (Å²) in [7, 11) is 0. The predicted molar refractivity (Wildman–Crippen MR) is 140 cm³/mol. The lowest BCUT2D eigenvalue weighted by Crippen LogP contribution is -2.24. The van der Waals surface area contributed by atoms with E-state index in [1.807, 2.05) is 48.5 Å². The SMILES string of the molecule is CC=CC(=O)OCC(O)COc1ccc(CC(C)c2ccc(OCC(O)COC(=O)C=CC)cc2)cc1. The second-order valence-electron chi connectivity index (χ2n) is 8.51. The van der Waals surface area contributed by atoms with Crippen molar-refractivity contribution in [1.29, 1.82) is 0 Å². The van der Waals surface area contributed by atoms with Gasteiger partial charge in [0.25, 0.3) is 0 Å². The number of allylic oxidation sites excluding steroid dienone is 2. The van der Waals surface area contributed by atoms with Gasteiger partial charge >= 0.3 is 11.9 Å². The van der Waals surface area contributed by atoms with E-state index in [4.69, 9.17) is 18.9 Å². The third kappa shape index (κ3) is 11.8. The zero-order chi connectivity index (χ0) is 27.0. The van der Waals surface area contributed by atoms with Crippen LogP contribution in [0.1, 0.15) is 37.8 Å². The number of aliphatic hydroxyl groups excluding tert-OH is 2. The zero-order valence-electron chi connectivity index (χ0n) is 21.5. The molecule has 3 unspecified atom stereocenters. The molecule has 0 fully saturated rings. The second-order valence-corrected chi connectivity index (χ2v) is 8.51. The standard InChI is InChI=1S/C29H36O8/c1-4-6-28(32)36-19-24(30)17-34-26-12-8-22(9-13-26)16-21(3)23-10-14-27(15-11-23)35-18-25(31)20-37-29(33)7-5-2/h4-15,21,24-25,30-31H,16-20H2,1-3H3. The molecule has 200 valence electrons. The molecule has 37 heavy (non-hydrogen) atoms. The molecule has 8 nitrogen and oxygen atoms in total. The summed E-state index contributed by atoms with van der Waals surface area (Å²) < 4.78 is 21.0. The summed E-state index contributed by atoms with van der Waals surface area (Å²) in [5, 5.41) is 19.8. The highest BCUT2D eigenvalue weighted by atomic mass is 16.6. The van der Waals surface area contributed by atoms with Gasteiger partial charge in [-0.2, -0.15) is 0 Å². The number of carbonyl (C=O) groups is 2. The van der Waals surface area contributed by atoms with Crippen LogP contribution in [0, 0.1) is 0 Å². The maximum Gasteiger partial charge on any atom is 0.330 e. The topological polar surface area (TPSA) is 112 Å². The number of carbonyl (C=O) groups excluding carboxylic acids is 2. The molecule has 2 aromatic rings. The Labute approximate surface area is 218 Å². The van der Waals surface area contributed by atoms with Crippen LogP contribution >= 0.6 is 0 Å². The van der Waals surface area contributed by atoms with Crippen LogP contribution in [0.15, 0.2) is 72.8 Å². The molecule has 8 heteroatoms. The lowest BCUT2D eigenvalue weighted by atomic mass is 9.94. The summed E-state index contributed by atoms with van der Waals surface area (Å²) >= 11 is 0. The van der Waals surface area contributed by atoms with Gasteiger partial charge in [0.1, 0.15) is 50.1 Å². The Balaban J connectivity index is 1.75. The average Bonchev–Trinajstić information content (AvgIpc) is 2.89. The smallest absolute Gasteiger partial charge is 0.330 e. The Morgan fingerprint density at radius 3 is 1.59 bits per heavy atom. The van der Waals surface area contributed by atoms with Gasteiger partial charge in [0, 0.05) is 12.2 Å². The first-order valence-electron chi connectivity index (χ1n) is 12.2. The predicted octanol–water partition coefficient (Wildman–Crippen LogP) is 3.75. The molecule has 0 aromatic heterocycles. The van der Waals surface area contributed by atoms with E-state index in [-0.39, 0.29) is 32.3 Å². The largest absolute Gasteiger partial charge is 0.491 e. The van der Waals surface area contributed by atoms with Crippen molar-refractivity contribution in [2.75, 3.05) is 26.4 Å². The highest BCUT2D eigenvalue weighted by Gasteiger charge is 2.11. The molecule has 0 radical (unpaired) electrons. The number of esters is 2. The number of benzene rings is 2. The highest BCUT2D eigenvalue weighted by Crippen LogP contribution is 2.24. The van der Waals surface area contributed by atoms with Gasteiger partial charge in [-0.1, -0.05) is 43.3 Å². The van der Waals surface area contributed by atoms with Crippen molar-refractivity contribution < 1.29 is 38.7 Å². The van der Waals surface area contributed by atoms with Gasteiger partial charge in [-0.15, -0.1) is 0 Å². The molecule has 0 aliphatic carbocycles. The van der Waals surface area contributed by atoms with Gasteiger partial charge in [-0.25, -0.2) is 9.59 Å². The Bertz CT molecular complexity index is 1010. The quantitative estimate of drug-likeness (QED) is 0.274. The second kappa shape index (κ2) is 16.2. The molecular formula is C29H36O8. The van der Waals surface area contributed by atoms with Gasteiger partial charge in [0.2, 0.25) is 0 Å². The van der Waals surface area contributed by atoms with Crippen LogP contribution in [0.4, 0.5) is 0 Å². The Morgan fingerprint density at radius 1 is 0.730 bits per heavy atom. The zero-order valence-corrected chi connectivity index (χ0v) is 21.5. The van der Waals surface area contributed by atoms with Crippen LogP contribution in [-0.2, 0) is 25.5 Å². The van der Waals surface area contributed by atoms with E-state index < -0.39 is 24.1 Å². The van der Waals surface area contributed by atoms with Gasteiger partial charge in [-0.3, -0.25) is 0 Å². The highest BCUT2D eigenvalue weighted by molar-refractivity contribution is 5.82. The first-order valence-corrected chi connectivity index (χ1v) is 12.2. The maximum absolute atomic E-state index is 11.3. The average molecular weight is 513 g/mol. The van der Waals surface area contributed by atoms with Crippen molar-refractivity contribution in [3.8, 4) is 11.5 Å². The third-order valence-electron chi connectivity index (χ3n) is 5.24. The molecule has 0 saturated carbocycles. The van der Waals surface area contributed by atoms with Crippen LogP contribution in [0.2, 0.25) is 0 Å². The molecule has 2 rings (SSSR count). The van der Waals surface area contributed by atoms with E-state index in [2.05, 4.69) is 6.92 Å². The van der Waals surface area contributed by atoms with Gasteiger partial charge < -0.3 is 29.2 Å². The van der Waals surface area contributed by atoms with Gasteiger partial charge in [-0.05, 0) is 61.6 Å². The molecule has 0 heterocycles. The molecule has 0 aliphatic heterocycles. The van der Waals surface area contributed by atoms with Crippen molar-refractivity contribution >= 4 is 11.9 Å². The summed E-state index contributed by atoms with van der Waals surface area (Å²) in [6, 6.07) is 15.3. The summed E-state index contributed by atoms with van der Waals surface area (Å²) in [4.78, 5) is 22.6. The fraction of sp³-hybridized carbons (Fsp3) is 0.379. The Morgan fingerprint density at radius 2 is 1.16 bits per heavy atom. The van der Waals surface area contributed by atoms with Crippen LogP contribution in [0.5, 0.6) is 11.5 Å². The Hall–Kier alpha value is -3.62. The van der Waals surface area contributed by atoms with E-state index >= 15 is 0 Å². The molecule has 3 atom stereocenters. The van der Waals surface area contributed by atoms with Crippen molar-refractivity contribution in [3.05, 3.63) is 84.0 Å². The van der Waals surface area contributed by atoms with E-state index in [0.29, 0.717) is 11.5 Å². The molecule has 0 saturated heterocycles. The molecular weight excluding hydrogens is 476 g/mol. The number of aliphatic hydroxyl groups is 2. The fourth-order valence-corrected chi connectivity index (χ4v) is 3.29. The monoisotopic (exact) mass is 512 g/mol. The summed E-state index contributed by atoms with van der Waals surface area (Å²) in [5.41, 5.74) is 2.28. The number of rotatable bonds is 15. The van der Waals surface area contributed by atoms with Crippen LogP contribution in [0.3, 0.4) is 0 Å². The lowest BCUT2D eigenvalue weighted by Gasteiger charge is -2.15. The summed E-state index contributed by atoms with van der Waals surface area (Å²) in [5.74, 6) is 0.499. The van der Waals surface area contributed by atoms with Crippen molar-refractivity contribution in [2.45, 2.75) is 45.3 Å². The van der Waals surface area contributed by atoms with Crippen LogP contribution in [0.25, 0.3) is 0 Å². The minimum Gasteiger partial charge on any atom is -0.491 e. The van der Waals surface area contributed by atoms with Crippen LogP contribution < -0.4 is 9.47 Å². The van der Waals surface area contributed by atoms with Crippen molar-refractivity contribution in [3.63, 3.8) is 0 Å². The van der Waals surface area contributed by atoms with E-state index in [1.165, 1.54) is 12.2 Å². The summed E-state index contributed by atoms with van der Waals surface area (Å²) in [6.45, 7) is 5.33. The fourth-order valence-electron chi connectivity index (χ4n) is 3.29. The maximum atomic E-state index is 11.3. The normalized spacial score (nSPS) is 13.8. The minimum absolute atomic E-state index is 0.0187. The molecule has 0 spiro atoms. The van der Waals surface area contributed by atoms with Gasteiger partial charge in [0.05, 0.1) is 0 Å². The molecule has 2 N–H and O–H groups in total. The van der Waals surface area contributed by atoms with Crippen LogP contribution in [-0.4, -0.2) is 60.8 Å². The number of hydrogen-bond acceptors (Lipinski definition) is 8. The lowest BCUT2D eigenvalue weighted by molar-refractivity contribution is -0.142. The van der Waals surface area contributed by atoms with Crippen molar-refractivity contribution in [1.82, 2.24) is 0 Å². The third-order valence-corrected chi connectivity index (χ3v) is 5.24. The number of ether oxygens (including phenoxy) is 4. The molecule has 2 aromatic carbocycles. The molecule has 0 bridgehead atoms. The first-order chi connectivity index (χ1) is 17.8. The Kier molecular flexibility index (Phi) is 13.0. The number of hydrogen-bond donors (Lipinski definition) is 2. The van der Waals surface area contributed by atoms with E-state index in [1.54, 1.807) is 26.0 Å². The first kappa shape index (κ1) is 29.6. The van der Waals surface area contributed by atoms with E-state index in [9.17, 15) is 19.8 Å². The van der Waals surface area contributed by atoms with E-state index in [0.717, 1.165) is 17.5 Å².